The maximum atomic E-state index is 12.3. The Hall–Kier alpha value is -2.42. The van der Waals surface area contributed by atoms with E-state index in [4.69, 9.17) is 16.3 Å². The van der Waals surface area contributed by atoms with Crippen molar-refractivity contribution in [1.29, 1.82) is 0 Å². The Morgan fingerprint density at radius 3 is 3.00 bits per heavy atom. The molecule has 0 saturated carbocycles. The number of halogens is 1. The highest BCUT2D eigenvalue weighted by molar-refractivity contribution is 7.16. The summed E-state index contributed by atoms with van der Waals surface area (Å²) in [6, 6.07) is 7.47. The maximum Gasteiger partial charge on any atom is 0.324 e. The highest BCUT2D eigenvalue weighted by Crippen LogP contribution is 2.32. The Bertz CT molecular complexity index is 1080. The number of nitrogens with zero attached hydrogens (tertiary/aromatic N) is 3. The monoisotopic (exact) mass is 446 g/mol. The molecular weight excluding hydrogens is 424 g/mol. The molecule has 9 heteroatoms. The molecule has 1 aliphatic rings. The zero-order chi connectivity index (χ0) is 21.3. The number of carboxylic acids is 1. The summed E-state index contributed by atoms with van der Waals surface area (Å²) in [7, 11) is 1.56. The molecular formula is C21H23ClN4O3S. The summed E-state index contributed by atoms with van der Waals surface area (Å²) in [5, 5.41) is 16.9. The van der Waals surface area contributed by atoms with Crippen LogP contribution >= 0.6 is 22.9 Å². The number of ether oxygens (including phenoxy) is 1. The lowest BCUT2D eigenvalue weighted by Gasteiger charge is -2.44. The van der Waals surface area contributed by atoms with Gasteiger partial charge in [-0.3, -0.25) is 10.1 Å². The Balaban J connectivity index is 1.49. The number of carboxylic acid groups (broad SMARTS) is 1. The van der Waals surface area contributed by atoms with Gasteiger partial charge in [0.15, 0.2) is 0 Å². The van der Waals surface area contributed by atoms with Gasteiger partial charge >= 0.3 is 5.97 Å². The fraction of sp³-hybridized carbons (Fsp3) is 0.381. The van der Waals surface area contributed by atoms with Crippen molar-refractivity contribution in [1.82, 2.24) is 15.3 Å². The van der Waals surface area contributed by atoms with E-state index in [1.54, 1.807) is 30.6 Å². The zero-order valence-electron chi connectivity index (χ0n) is 16.8. The molecule has 2 N–H and O–H groups in total. The summed E-state index contributed by atoms with van der Waals surface area (Å²) in [5.74, 6) is 0.250. The van der Waals surface area contributed by atoms with E-state index in [2.05, 4.69) is 20.2 Å². The van der Waals surface area contributed by atoms with Crippen molar-refractivity contribution >= 4 is 45.1 Å². The van der Waals surface area contributed by atoms with Gasteiger partial charge in [-0.05, 0) is 35.6 Å². The molecule has 1 aromatic carbocycles. The van der Waals surface area contributed by atoms with E-state index < -0.39 is 11.5 Å². The molecule has 3 heterocycles. The number of rotatable bonds is 6. The summed E-state index contributed by atoms with van der Waals surface area (Å²) >= 11 is 7.78. The van der Waals surface area contributed by atoms with Crippen LogP contribution in [0.25, 0.3) is 10.2 Å². The summed E-state index contributed by atoms with van der Waals surface area (Å²) in [5.41, 5.74) is -0.127. The van der Waals surface area contributed by atoms with Gasteiger partial charge in [-0.25, -0.2) is 9.97 Å². The van der Waals surface area contributed by atoms with Crippen LogP contribution in [0, 0.1) is 5.92 Å². The number of anilines is 1. The van der Waals surface area contributed by atoms with Crippen LogP contribution in [0.1, 0.15) is 18.9 Å². The Morgan fingerprint density at radius 1 is 1.47 bits per heavy atom. The number of piperidine rings is 1. The minimum atomic E-state index is -1.03. The number of carbonyl (C=O) groups is 1. The van der Waals surface area contributed by atoms with E-state index in [1.165, 1.54) is 0 Å². The molecule has 30 heavy (non-hydrogen) atoms. The first-order valence-corrected chi connectivity index (χ1v) is 10.9. The fourth-order valence-corrected chi connectivity index (χ4v) is 4.97. The van der Waals surface area contributed by atoms with Crippen molar-refractivity contribution in [2.24, 2.45) is 5.92 Å². The van der Waals surface area contributed by atoms with Gasteiger partial charge in [0.05, 0.1) is 12.1 Å². The molecule has 0 bridgehead atoms. The topological polar surface area (TPSA) is 87.6 Å². The molecule has 0 amide bonds. The van der Waals surface area contributed by atoms with E-state index in [0.29, 0.717) is 42.8 Å². The molecule has 1 fully saturated rings. The lowest BCUT2D eigenvalue weighted by Crippen LogP contribution is -2.63. The molecule has 2 atom stereocenters. The molecule has 4 rings (SSSR count). The van der Waals surface area contributed by atoms with Gasteiger partial charge in [-0.1, -0.05) is 24.6 Å². The van der Waals surface area contributed by atoms with Crippen molar-refractivity contribution in [3.05, 3.63) is 46.4 Å². The average Bonchev–Trinajstić information content (AvgIpc) is 3.20. The molecule has 1 saturated heterocycles. The lowest BCUT2D eigenvalue weighted by atomic mass is 9.78. The number of thiophene rings is 1. The van der Waals surface area contributed by atoms with Gasteiger partial charge < -0.3 is 14.7 Å². The van der Waals surface area contributed by atoms with Crippen LogP contribution in [0.4, 0.5) is 5.95 Å². The maximum absolute atomic E-state index is 12.3. The summed E-state index contributed by atoms with van der Waals surface area (Å²) in [6.07, 6.45) is 2.27. The van der Waals surface area contributed by atoms with Gasteiger partial charge in [0.1, 0.15) is 16.1 Å². The first-order valence-electron chi connectivity index (χ1n) is 9.69. The average molecular weight is 447 g/mol. The number of aliphatic carboxylic acids is 1. The highest BCUT2D eigenvalue weighted by atomic mass is 35.5. The van der Waals surface area contributed by atoms with Crippen LogP contribution in [-0.4, -0.2) is 46.8 Å². The molecule has 0 spiro atoms. The van der Waals surface area contributed by atoms with Crippen LogP contribution in [0.2, 0.25) is 5.02 Å². The van der Waals surface area contributed by atoms with Crippen molar-refractivity contribution < 1.29 is 14.6 Å². The number of benzene rings is 1. The minimum absolute atomic E-state index is 0.153. The number of aromatic nitrogens is 2. The Labute approximate surface area is 183 Å². The summed E-state index contributed by atoms with van der Waals surface area (Å²) in [6.45, 7) is 3.47. The van der Waals surface area contributed by atoms with Crippen molar-refractivity contribution in [3.8, 4) is 5.75 Å². The van der Waals surface area contributed by atoms with Gasteiger partial charge in [0.2, 0.25) is 5.95 Å². The summed E-state index contributed by atoms with van der Waals surface area (Å²) < 4.78 is 5.18. The number of nitrogens with one attached hydrogen (secondary N) is 1. The van der Waals surface area contributed by atoms with E-state index in [9.17, 15) is 9.90 Å². The molecule has 2 unspecified atom stereocenters. The molecule has 158 valence electrons. The Kier molecular flexibility index (Phi) is 5.81. The van der Waals surface area contributed by atoms with Crippen LogP contribution < -0.4 is 15.0 Å². The first kappa shape index (κ1) is 20.8. The quantitative estimate of drug-likeness (QED) is 0.595. The molecule has 0 radical (unpaired) electrons. The fourth-order valence-electron chi connectivity index (χ4n) is 3.95. The SMILES string of the molecule is COc1ccc(CNC2(C(=O)O)CCN(c3ncc4ccsc4n3)CC2C)cc1Cl. The van der Waals surface area contributed by atoms with E-state index in [1.807, 2.05) is 30.6 Å². The largest absolute Gasteiger partial charge is 0.495 e. The summed E-state index contributed by atoms with van der Waals surface area (Å²) in [4.78, 5) is 24.4. The Morgan fingerprint density at radius 2 is 2.30 bits per heavy atom. The standard InChI is InChI=1S/C21H23ClN4O3S/c1-13-12-26(20-23-11-15-5-8-30-18(15)25-20)7-6-21(13,19(27)28)24-10-14-3-4-17(29-2)16(22)9-14/h3-5,8-9,11,13,24H,6-7,10,12H2,1-2H3,(H,27,28). The van der Waals surface area contributed by atoms with Crippen LogP contribution in [-0.2, 0) is 11.3 Å². The molecule has 0 aliphatic carbocycles. The minimum Gasteiger partial charge on any atom is -0.495 e. The third-order valence-corrected chi connectivity index (χ3v) is 6.91. The number of methoxy groups -OCH3 is 1. The third kappa shape index (κ3) is 3.82. The molecule has 3 aromatic rings. The van der Waals surface area contributed by atoms with Gasteiger partial charge in [0.25, 0.3) is 0 Å². The van der Waals surface area contributed by atoms with Crippen LogP contribution in [0.15, 0.2) is 35.8 Å². The predicted molar refractivity (Wildman–Crippen MR) is 119 cm³/mol. The second-order valence-electron chi connectivity index (χ2n) is 7.55. The first-order chi connectivity index (χ1) is 14.4. The zero-order valence-corrected chi connectivity index (χ0v) is 18.3. The second-order valence-corrected chi connectivity index (χ2v) is 8.85. The molecule has 2 aromatic heterocycles. The smallest absolute Gasteiger partial charge is 0.324 e. The third-order valence-electron chi connectivity index (χ3n) is 5.80. The van der Waals surface area contributed by atoms with Gasteiger partial charge in [0, 0.05) is 37.1 Å². The predicted octanol–water partition coefficient (Wildman–Crippen LogP) is 3.81. The number of hydrogen-bond acceptors (Lipinski definition) is 7. The van der Waals surface area contributed by atoms with Crippen molar-refractivity contribution in [2.45, 2.75) is 25.4 Å². The van der Waals surface area contributed by atoms with E-state index >= 15 is 0 Å². The number of hydrogen-bond donors (Lipinski definition) is 2. The van der Waals surface area contributed by atoms with Crippen molar-refractivity contribution in [2.75, 3.05) is 25.1 Å². The van der Waals surface area contributed by atoms with E-state index in [0.717, 1.165) is 15.8 Å². The second kappa shape index (κ2) is 8.37. The molecule has 1 aliphatic heterocycles. The molecule has 7 nitrogen and oxygen atoms in total. The van der Waals surface area contributed by atoms with Crippen molar-refractivity contribution in [3.63, 3.8) is 0 Å². The van der Waals surface area contributed by atoms with Crippen LogP contribution in [0.5, 0.6) is 5.75 Å². The lowest BCUT2D eigenvalue weighted by molar-refractivity contribution is -0.148. The highest BCUT2D eigenvalue weighted by Gasteiger charge is 2.47. The normalized spacial score (nSPS) is 21.7. The van der Waals surface area contributed by atoms with Crippen LogP contribution in [0.3, 0.4) is 0 Å². The van der Waals surface area contributed by atoms with E-state index in [-0.39, 0.29) is 5.92 Å². The van der Waals surface area contributed by atoms with Gasteiger partial charge in [-0.15, -0.1) is 11.3 Å². The number of fused-ring (bicyclic) bond motifs is 1. The van der Waals surface area contributed by atoms with Gasteiger partial charge in [-0.2, -0.15) is 0 Å².